The van der Waals surface area contributed by atoms with Gasteiger partial charge in [0.1, 0.15) is 17.5 Å². The summed E-state index contributed by atoms with van der Waals surface area (Å²) in [5, 5.41) is 2.92. The topological polar surface area (TPSA) is 67.9 Å². The zero-order chi connectivity index (χ0) is 22.1. The average Bonchev–Trinajstić information content (AvgIpc) is 2.73. The third-order valence-corrected chi connectivity index (χ3v) is 4.71. The highest BCUT2D eigenvalue weighted by atomic mass is 16.5. The Morgan fingerprint density at radius 1 is 1.00 bits per heavy atom. The minimum atomic E-state index is -0.569. The van der Waals surface area contributed by atoms with Crippen molar-refractivity contribution in [1.82, 2.24) is 10.2 Å². The number of ether oxygens (including phenoxy) is 2. The summed E-state index contributed by atoms with van der Waals surface area (Å²) in [4.78, 5) is 27.5. The predicted octanol–water partition coefficient (Wildman–Crippen LogP) is 3.71. The number of rotatable bonds is 10. The summed E-state index contributed by atoms with van der Waals surface area (Å²) in [6, 6.07) is 14.4. The van der Waals surface area contributed by atoms with E-state index in [1.807, 2.05) is 52.0 Å². The molecule has 0 aromatic heterocycles. The van der Waals surface area contributed by atoms with Crippen LogP contribution in [0.4, 0.5) is 0 Å². The van der Waals surface area contributed by atoms with Gasteiger partial charge in [0, 0.05) is 12.6 Å². The Balaban J connectivity index is 2.17. The third-order valence-electron chi connectivity index (χ3n) is 4.71. The van der Waals surface area contributed by atoms with E-state index >= 15 is 0 Å². The smallest absolute Gasteiger partial charge is 0.261 e. The molecular formula is C24H32N2O4. The summed E-state index contributed by atoms with van der Waals surface area (Å²) >= 11 is 0. The second kappa shape index (κ2) is 11.2. The van der Waals surface area contributed by atoms with Gasteiger partial charge in [0.05, 0.1) is 7.11 Å². The summed E-state index contributed by atoms with van der Waals surface area (Å²) in [6.07, 6.45) is 0.513. The lowest BCUT2D eigenvalue weighted by molar-refractivity contribution is -0.143. The van der Waals surface area contributed by atoms with E-state index in [1.54, 1.807) is 36.3 Å². The standard InChI is InChI=1S/C24H32N2O4/c1-6-22(24(28)25-17(2)3)26(15-19-9-7-18(4)8-10-19)23(27)16-30-21-13-11-20(29-5)12-14-21/h7-14,17,22H,6,15-16H2,1-5H3,(H,25,28)/t22-/m1/s1. The van der Waals surface area contributed by atoms with Crippen LogP contribution in [0.2, 0.25) is 0 Å². The van der Waals surface area contributed by atoms with Crippen LogP contribution in [-0.2, 0) is 16.1 Å². The molecular weight excluding hydrogens is 380 g/mol. The van der Waals surface area contributed by atoms with E-state index in [0.29, 0.717) is 24.5 Å². The number of hydrogen-bond donors (Lipinski definition) is 1. The normalized spacial score (nSPS) is 11.7. The molecule has 0 aliphatic heterocycles. The molecule has 0 radical (unpaired) electrons. The molecule has 1 atom stereocenters. The molecule has 0 bridgehead atoms. The average molecular weight is 413 g/mol. The fraction of sp³-hybridized carbons (Fsp3) is 0.417. The van der Waals surface area contributed by atoms with Crippen LogP contribution in [0.3, 0.4) is 0 Å². The van der Waals surface area contributed by atoms with E-state index in [4.69, 9.17) is 9.47 Å². The molecule has 2 amide bonds. The third kappa shape index (κ3) is 6.79. The molecule has 2 aromatic rings. The van der Waals surface area contributed by atoms with E-state index in [1.165, 1.54) is 0 Å². The summed E-state index contributed by atoms with van der Waals surface area (Å²) in [5.41, 5.74) is 2.11. The monoisotopic (exact) mass is 412 g/mol. The van der Waals surface area contributed by atoms with Gasteiger partial charge in [-0.1, -0.05) is 36.8 Å². The summed E-state index contributed by atoms with van der Waals surface area (Å²) < 4.78 is 10.8. The quantitative estimate of drug-likeness (QED) is 0.646. The molecule has 0 aliphatic rings. The molecule has 162 valence electrons. The Hall–Kier alpha value is -3.02. The largest absolute Gasteiger partial charge is 0.497 e. The van der Waals surface area contributed by atoms with E-state index in [2.05, 4.69) is 5.32 Å². The van der Waals surface area contributed by atoms with Crippen molar-refractivity contribution < 1.29 is 19.1 Å². The molecule has 2 aromatic carbocycles. The van der Waals surface area contributed by atoms with Crippen LogP contribution < -0.4 is 14.8 Å². The number of hydrogen-bond acceptors (Lipinski definition) is 4. The van der Waals surface area contributed by atoms with Crippen LogP contribution >= 0.6 is 0 Å². The molecule has 0 saturated carbocycles. The lowest BCUT2D eigenvalue weighted by atomic mass is 10.1. The van der Waals surface area contributed by atoms with Crippen molar-refractivity contribution in [3.05, 3.63) is 59.7 Å². The number of benzene rings is 2. The number of carbonyl (C=O) groups excluding carboxylic acids is 2. The minimum Gasteiger partial charge on any atom is -0.497 e. The van der Waals surface area contributed by atoms with E-state index < -0.39 is 6.04 Å². The first kappa shape index (κ1) is 23.3. The Bertz CT molecular complexity index is 816. The number of carbonyl (C=O) groups is 2. The van der Waals surface area contributed by atoms with Crippen molar-refractivity contribution in [3.8, 4) is 11.5 Å². The summed E-state index contributed by atoms with van der Waals surface area (Å²) in [5.74, 6) is 0.889. The molecule has 6 nitrogen and oxygen atoms in total. The lowest BCUT2D eigenvalue weighted by Crippen LogP contribution is -2.51. The highest BCUT2D eigenvalue weighted by Crippen LogP contribution is 2.18. The molecule has 0 saturated heterocycles. The van der Waals surface area contributed by atoms with E-state index in [-0.39, 0.29) is 24.5 Å². The van der Waals surface area contributed by atoms with Gasteiger partial charge >= 0.3 is 0 Å². The zero-order valence-electron chi connectivity index (χ0n) is 18.5. The van der Waals surface area contributed by atoms with Gasteiger partial charge in [-0.05, 0) is 57.0 Å². The second-order valence-electron chi connectivity index (χ2n) is 7.56. The predicted molar refractivity (Wildman–Crippen MR) is 118 cm³/mol. The van der Waals surface area contributed by atoms with Crippen molar-refractivity contribution in [2.24, 2.45) is 0 Å². The molecule has 2 rings (SSSR count). The first-order valence-corrected chi connectivity index (χ1v) is 10.3. The fourth-order valence-corrected chi connectivity index (χ4v) is 3.09. The van der Waals surface area contributed by atoms with E-state index in [9.17, 15) is 9.59 Å². The number of nitrogens with zero attached hydrogens (tertiary/aromatic N) is 1. The lowest BCUT2D eigenvalue weighted by Gasteiger charge is -2.31. The van der Waals surface area contributed by atoms with Gasteiger partial charge < -0.3 is 19.7 Å². The highest BCUT2D eigenvalue weighted by Gasteiger charge is 2.29. The van der Waals surface area contributed by atoms with Crippen LogP contribution in [0.25, 0.3) is 0 Å². The summed E-state index contributed by atoms with van der Waals surface area (Å²) in [7, 11) is 1.59. The van der Waals surface area contributed by atoms with Gasteiger partial charge in [-0.15, -0.1) is 0 Å². The first-order valence-electron chi connectivity index (χ1n) is 10.3. The molecule has 0 aliphatic carbocycles. The van der Waals surface area contributed by atoms with E-state index in [0.717, 1.165) is 11.1 Å². The Labute approximate surface area is 179 Å². The Kier molecular flexibility index (Phi) is 8.71. The zero-order valence-corrected chi connectivity index (χ0v) is 18.5. The molecule has 0 spiro atoms. The van der Waals surface area contributed by atoms with Crippen LogP contribution in [-0.4, -0.2) is 42.5 Å². The van der Waals surface area contributed by atoms with Gasteiger partial charge in [-0.3, -0.25) is 9.59 Å². The van der Waals surface area contributed by atoms with Crippen LogP contribution in [0.1, 0.15) is 38.3 Å². The fourth-order valence-electron chi connectivity index (χ4n) is 3.09. The molecule has 1 N–H and O–H groups in total. The second-order valence-corrected chi connectivity index (χ2v) is 7.56. The minimum absolute atomic E-state index is 0.00146. The van der Waals surface area contributed by atoms with Gasteiger partial charge in [0.15, 0.2) is 6.61 Å². The number of aryl methyl sites for hydroxylation is 1. The number of nitrogens with one attached hydrogen (secondary N) is 1. The molecule has 0 unspecified atom stereocenters. The number of amides is 2. The van der Waals surface area contributed by atoms with Crippen LogP contribution in [0.5, 0.6) is 11.5 Å². The van der Waals surface area contributed by atoms with Gasteiger partial charge in [0.25, 0.3) is 5.91 Å². The first-order chi connectivity index (χ1) is 14.3. The van der Waals surface area contributed by atoms with Crippen LogP contribution in [0.15, 0.2) is 48.5 Å². The van der Waals surface area contributed by atoms with Gasteiger partial charge in [-0.2, -0.15) is 0 Å². The molecule has 30 heavy (non-hydrogen) atoms. The van der Waals surface area contributed by atoms with Crippen molar-refractivity contribution in [2.45, 2.75) is 52.7 Å². The van der Waals surface area contributed by atoms with Crippen molar-refractivity contribution in [3.63, 3.8) is 0 Å². The summed E-state index contributed by atoms with van der Waals surface area (Å²) in [6.45, 7) is 7.93. The van der Waals surface area contributed by atoms with Crippen molar-refractivity contribution in [2.75, 3.05) is 13.7 Å². The number of methoxy groups -OCH3 is 1. The van der Waals surface area contributed by atoms with Crippen molar-refractivity contribution >= 4 is 11.8 Å². The SMILES string of the molecule is CC[C@H](C(=O)NC(C)C)N(Cc1ccc(C)cc1)C(=O)COc1ccc(OC)cc1. The highest BCUT2D eigenvalue weighted by molar-refractivity contribution is 5.88. The van der Waals surface area contributed by atoms with Crippen molar-refractivity contribution in [1.29, 1.82) is 0 Å². The Morgan fingerprint density at radius 2 is 1.60 bits per heavy atom. The maximum absolute atomic E-state index is 13.1. The molecule has 0 fully saturated rings. The maximum Gasteiger partial charge on any atom is 0.261 e. The molecule has 6 heteroatoms. The van der Waals surface area contributed by atoms with Gasteiger partial charge in [-0.25, -0.2) is 0 Å². The maximum atomic E-state index is 13.1. The molecule has 0 heterocycles. The van der Waals surface area contributed by atoms with Crippen LogP contribution in [0, 0.1) is 6.92 Å². The Morgan fingerprint density at radius 3 is 2.13 bits per heavy atom. The van der Waals surface area contributed by atoms with Gasteiger partial charge in [0.2, 0.25) is 5.91 Å².